The number of anilines is 1. The summed E-state index contributed by atoms with van der Waals surface area (Å²) in [7, 11) is -4.10. The van der Waals surface area contributed by atoms with E-state index >= 15 is 0 Å². The SMILES string of the molecule is Cc1c(N(Cc2cc3cc(Cl)ccc3[nH]2)S(=O)(=O)c2ccc(C(=O)O)cc2)ncc2ccccc12. The minimum absolute atomic E-state index is 0.00278. The monoisotopic (exact) mass is 505 g/mol. The van der Waals surface area contributed by atoms with Gasteiger partial charge >= 0.3 is 5.97 Å². The average Bonchev–Trinajstić information content (AvgIpc) is 3.25. The van der Waals surface area contributed by atoms with Crippen molar-refractivity contribution in [2.24, 2.45) is 0 Å². The second kappa shape index (κ2) is 8.72. The van der Waals surface area contributed by atoms with Crippen LogP contribution in [0.25, 0.3) is 21.7 Å². The van der Waals surface area contributed by atoms with E-state index in [-0.39, 0.29) is 17.0 Å². The molecule has 2 aromatic heterocycles. The Balaban J connectivity index is 1.66. The van der Waals surface area contributed by atoms with Gasteiger partial charge in [0.1, 0.15) is 5.82 Å². The molecule has 2 N–H and O–H groups in total. The van der Waals surface area contributed by atoms with E-state index in [1.807, 2.05) is 43.3 Å². The number of nitrogens with one attached hydrogen (secondary N) is 1. The van der Waals surface area contributed by atoms with Gasteiger partial charge in [-0.25, -0.2) is 22.5 Å². The third kappa shape index (κ3) is 4.22. The van der Waals surface area contributed by atoms with Gasteiger partial charge in [0.15, 0.2) is 0 Å². The van der Waals surface area contributed by atoms with E-state index in [9.17, 15) is 18.3 Å². The van der Waals surface area contributed by atoms with Crippen molar-refractivity contribution in [3.8, 4) is 0 Å². The minimum Gasteiger partial charge on any atom is -0.478 e. The number of hydrogen-bond acceptors (Lipinski definition) is 4. The van der Waals surface area contributed by atoms with Gasteiger partial charge in [0, 0.05) is 38.8 Å². The largest absolute Gasteiger partial charge is 0.478 e. The number of aryl methyl sites for hydroxylation is 1. The molecule has 0 saturated heterocycles. The molecular weight excluding hydrogens is 486 g/mol. The predicted molar refractivity (Wildman–Crippen MR) is 137 cm³/mol. The molecular formula is C26H20ClN3O4S. The molecule has 176 valence electrons. The number of sulfonamides is 1. The number of benzene rings is 3. The van der Waals surface area contributed by atoms with Gasteiger partial charge in [-0.2, -0.15) is 0 Å². The van der Waals surface area contributed by atoms with Crippen molar-refractivity contribution in [1.82, 2.24) is 9.97 Å². The van der Waals surface area contributed by atoms with E-state index in [4.69, 9.17) is 11.6 Å². The van der Waals surface area contributed by atoms with Crippen LogP contribution in [0.1, 0.15) is 21.6 Å². The van der Waals surface area contributed by atoms with Gasteiger partial charge in [0.05, 0.1) is 17.0 Å². The average molecular weight is 506 g/mol. The van der Waals surface area contributed by atoms with Crippen LogP contribution in [0.3, 0.4) is 0 Å². The Kier molecular flexibility index (Phi) is 5.70. The third-order valence-electron chi connectivity index (χ3n) is 5.90. The van der Waals surface area contributed by atoms with Crippen molar-refractivity contribution < 1.29 is 18.3 Å². The zero-order valence-electron chi connectivity index (χ0n) is 18.6. The maximum Gasteiger partial charge on any atom is 0.335 e. The summed E-state index contributed by atoms with van der Waals surface area (Å²) in [5.74, 6) is -0.836. The molecule has 5 rings (SSSR count). The van der Waals surface area contributed by atoms with E-state index in [0.29, 0.717) is 22.1 Å². The summed E-state index contributed by atoms with van der Waals surface area (Å²) in [6.07, 6.45) is 1.65. The van der Waals surface area contributed by atoms with Crippen LogP contribution in [0.2, 0.25) is 5.02 Å². The molecule has 9 heteroatoms. The number of rotatable bonds is 6. The molecule has 0 bridgehead atoms. The first-order valence-electron chi connectivity index (χ1n) is 10.7. The molecule has 0 radical (unpaired) electrons. The number of carboxylic acid groups (broad SMARTS) is 1. The van der Waals surface area contributed by atoms with E-state index in [2.05, 4.69) is 9.97 Å². The summed E-state index contributed by atoms with van der Waals surface area (Å²) < 4.78 is 29.0. The Labute approximate surface area is 206 Å². The number of pyridine rings is 1. The summed E-state index contributed by atoms with van der Waals surface area (Å²) in [5, 5.41) is 12.4. The van der Waals surface area contributed by atoms with Crippen molar-refractivity contribution >= 4 is 55.1 Å². The first-order chi connectivity index (χ1) is 16.7. The fourth-order valence-electron chi connectivity index (χ4n) is 4.12. The Morgan fingerprint density at radius 1 is 1.03 bits per heavy atom. The summed E-state index contributed by atoms with van der Waals surface area (Å²) in [5.41, 5.74) is 2.20. The Hall–Kier alpha value is -3.88. The van der Waals surface area contributed by atoms with Crippen LogP contribution in [0, 0.1) is 6.92 Å². The number of H-pyrrole nitrogens is 1. The highest BCUT2D eigenvalue weighted by Crippen LogP contribution is 2.32. The molecule has 0 spiro atoms. The van der Waals surface area contributed by atoms with Crippen LogP contribution >= 0.6 is 11.6 Å². The maximum atomic E-state index is 13.9. The molecule has 0 saturated carbocycles. The van der Waals surface area contributed by atoms with Crippen LogP contribution in [0.4, 0.5) is 5.82 Å². The van der Waals surface area contributed by atoms with Gasteiger partial charge in [-0.15, -0.1) is 0 Å². The number of hydrogen-bond donors (Lipinski definition) is 2. The first kappa shape index (κ1) is 22.9. The van der Waals surface area contributed by atoms with Gasteiger partial charge in [0.25, 0.3) is 10.0 Å². The molecule has 0 fully saturated rings. The number of carboxylic acids is 1. The molecule has 7 nitrogen and oxygen atoms in total. The zero-order valence-corrected chi connectivity index (χ0v) is 20.1. The number of halogens is 1. The number of carbonyl (C=O) groups is 1. The fraction of sp³-hybridized carbons (Fsp3) is 0.0769. The van der Waals surface area contributed by atoms with E-state index in [1.54, 1.807) is 18.3 Å². The van der Waals surface area contributed by atoms with Gasteiger partial charge in [-0.1, -0.05) is 35.9 Å². The second-order valence-corrected chi connectivity index (χ2v) is 10.5. The van der Waals surface area contributed by atoms with Crippen LogP contribution in [0.5, 0.6) is 0 Å². The third-order valence-corrected chi connectivity index (χ3v) is 7.89. The molecule has 0 amide bonds. The fourth-order valence-corrected chi connectivity index (χ4v) is 5.76. The van der Waals surface area contributed by atoms with Crippen LogP contribution < -0.4 is 4.31 Å². The Morgan fingerprint density at radius 3 is 2.51 bits per heavy atom. The lowest BCUT2D eigenvalue weighted by atomic mass is 10.1. The summed E-state index contributed by atoms with van der Waals surface area (Å²) >= 11 is 6.12. The smallest absolute Gasteiger partial charge is 0.335 e. The topological polar surface area (TPSA) is 103 Å². The second-order valence-electron chi connectivity index (χ2n) is 8.16. The number of aromatic nitrogens is 2. The van der Waals surface area contributed by atoms with Crippen LogP contribution in [0.15, 0.2) is 83.9 Å². The molecule has 35 heavy (non-hydrogen) atoms. The molecule has 0 aliphatic heterocycles. The lowest BCUT2D eigenvalue weighted by Gasteiger charge is -2.25. The normalized spacial score (nSPS) is 11.7. The van der Waals surface area contributed by atoms with Crippen molar-refractivity contribution in [2.45, 2.75) is 18.4 Å². The highest BCUT2D eigenvalue weighted by molar-refractivity contribution is 7.92. The van der Waals surface area contributed by atoms with Crippen molar-refractivity contribution in [1.29, 1.82) is 0 Å². The lowest BCUT2D eigenvalue weighted by Crippen LogP contribution is -2.32. The predicted octanol–water partition coefficient (Wildman–Crippen LogP) is 5.77. The molecule has 0 unspecified atom stereocenters. The van der Waals surface area contributed by atoms with Crippen LogP contribution in [-0.4, -0.2) is 29.5 Å². The quantitative estimate of drug-likeness (QED) is 0.305. The molecule has 2 heterocycles. The Bertz CT molecular complexity index is 1700. The van der Waals surface area contributed by atoms with E-state index in [1.165, 1.54) is 28.6 Å². The lowest BCUT2D eigenvalue weighted by molar-refractivity contribution is 0.0696. The van der Waals surface area contributed by atoms with Crippen molar-refractivity contribution in [3.63, 3.8) is 0 Å². The number of aromatic amines is 1. The molecule has 5 aromatic rings. The number of fused-ring (bicyclic) bond motifs is 2. The molecule has 0 aliphatic carbocycles. The van der Waals surface area contributed by atoms with Gasteiger partial charge < -0.3 is 10.1 Å². The van der Waals surface area contributed by atoms with Gasteiger partial charge in [-0.05, 0) is 60.8 Å². The van der Waals surface area contributed by atoms with Gasteiger partial charge in [0.2, 0.25) is 0 Å². The highest BCUT2D eigenvalue weighted by atomic mass is 35.5. The highest BCUT2D eigenvalue weighted by Gasteiger charge is 2.29. The van der Waals surface area contributed by atoms with Crippen molar-refractivity contribution in [2.75, 3.05) is 4.31 Å². The number of aromatic carboxylic acids is 1. The van der Waals surface area contributed by atoms with E-state index in [0.717, 1.165) is 21.7 Å². The Morgan fingerprint density at radius 2 is 1.77 bits per heavy atom. The zero-order chi connectivity index (χ0) is 24.7. The first-order valence-corrected chi connectivity index (χ1v) is 12.5. The summed E-state index contributed by atoms with van der Waals surface area (Å²) in [6, 6.07) is 20.0. The standard InChI is InChI=1S/C26H20ClN3O4S/c1-16-23-5-3-2-4-18(23)14-28-25(16)30(15-21-13-19-12-20(27)8-11-24(19)29-21)35(33,34)22-9-6-17(7-10-22)26(31)32/h2-14,29H,15H2,1H3,(H,31,32). The maximum absolute atomic E-state index is 13.9. The van der Waals surface area contributed by atoms with Crippen LogP contribution in [-0.2, 0) is 16.6 Å². The van der Waals surface area contributed by atoms with Gasteiger partial charge in [-0.3, -0.25) is 0 Å². The van der Waals surface area contributed by atoms with E-state index < -0.39 is 16.0 Å². The number of nitrogens with zero attached hydrogens (tertiary/aromatic N) is 2. The molecule has 0 aliphatic rings. The van der Waals surface area contributed by atoms with Crippen molar-refractivity contribution in [3.05, 3.63) is 101 Å². The minimum atomic E-state index is -4.10. The molecule has 0 atom stereocenters. The summed E-state index contributed by atoms with van der Waals surface area (Å²) in [6.45, 7) is 1.83. The molecule has 3 aromatic carbocycles. The summed E-state index contributed by atoms with van der Waals surface area (Å²) in [4.78, 5) is 19.0.